The Labute approximate surface area is 125 Å². The lowest BCUT2D eigenvalue weighted by atomic mass is 10.2. The molecule has 2 rings (SSSR count). The maximum Gasteiger partial charge on any atom is 0.221 e. The number of likely N-dealkylation sites (tertiary alicyclic amines) is 1. The second-order valence-electron chi connectivity index (χ2n) is 5.41. The number of halogens is 1. The number of nitrogens with zero attached hydrogens (tertiary/aromatic N) is 1. The first-order chi connectivity index (χ1) is 10.2. The van der Waals surface area contributed by atoms with Gasteiger partial charge in [0.2, 0.25) is 5.91 Å². The number of amides is 1. The van der Waals surface area contributed by atoms with Gasteiger partial charge in [-0.1, -0.05) is 18.2 Å². The Morgan fingerprint density at radius 1 is 1.48 bits per heavy atom. The van der Waals surface area contributed by atoms with E-state index in [1.54, 1.807) is 25.3 Å². The molecule has 0 spiro atoms. The Balaban J connectivity index is 1.71. The number of benzene rings is 1. The van der Waals surface area contributed by atoms with Crippen molar-refractivity contribution in [2.24, 2.45) is 0 Å². The van der Waals surface area contributed by atoms with Gasteiger partial charge in [0.05, 0.1) is 6.61 Å². The van der Waals surface area contributed by atoms with E-state index in [1.807, 2.05) is 0 Å². The minimum atomic E-state index is -0.280. The van der Waals surface area contributed by atoms with Crippen LogP contribution in [0, 0.1) is 5.82 Å². The number of carbonyl (C=O) groups excluding carboxylic acids is 1. The van der Waals surface area contributed by atoms with Crippen LogP contribution in [0.1, 0.15) is 24.8 Å². The van der Waals surface area contributed by atoms with Crippen LogP contribution in [0.5, 0.6) is 0 Å². The van der Waals surface area contributed by atoms with Crippen LogP contribution in [0.15, 0.2) is 24.3 Å². The van der Waals surface area contributed by atoms with E-state index in [9.17, 15) is 9.18 Å². The van der Waals surface area contributed by atoms with E-state index in [0.717, 1.165) is 32.5 Å². The third-order valence-electron chi connectivity index (χ3n) is 3.92. The van der Waals surface area contributed by atoms with Crippen molar-refractivity contribution in [2.45, 2.75) is 31.8 Å². The molecule has 0 bridgehead atoms. The average Bonchev–Trinajstić information content (AvgIpc) is 2.92. The van der Waals surface area contributed by atoms with Crippen LogP contribution in [-0.2, 0) is 16.1 Å². The van der Waals surface area contributed by atoms with E-state index in [-0.39, 0.29) is 18.3 Å². The molecule has 21 heavy (non-hydrogen) atoms. The fraction of sp³-hybridized carbons (Fsp3) is 0.562. The summed E-state index contributed by atoms with van der Waals surface area (Å²) in [5, 5.41) is 2.77. The van der Waals surface area contributed by atoms with Crippen LogP contribution < -0.4 is 5.32 Å². The monoisotopic (exact) mass is 294 g/mol. The van der Waals surface area contributed by atoms with Crippen LogP contribution in [0.25, 0.3) is 0 Å². The van der Waals surface area contributed by atoms with Crippen LogP contribution in [0.4, 0.5) is 4.39 Å². The van der Waals surface area contributed by atoms with Crippen molar-refractivity contribution < 1.29 is 13.9 Å². The van der Waals surface area contributed by atoms with E-state index in [0.29, 0.717) is 18.0 Å². The van der Waals surface area contributed by atoms with Crippen molar-refractivity contribution in [3.63, 3.8) is 0 Å². The van der Waals surface area contributed by atoms with Crippen molar-refractivity contribution >= 4 is 5.91 Å². The molecule has 116 valence electrons. The molecule has 4 nitrogen and oxygen atoms in total. The predicted molar refractivity (Wildman–Crippen MR) is 79.3 cm³/mol. The predicted octanol–water partition coefficient (Wildman–Crippen LogP) is 1.94. The molecule has 0 aromatic heterocycles. The Hall–Kier alpha value is -1.46. The highest BCUT2D eigenvalue weighted by atomic mass is 19.1. The van der Waals surface area contributed by atoms with Crippen molar-refractivity contribution in [1.29, 1.82) is 0 Å². The Morgan fingerprint density at radius 2 is 2.29 bits per heavy atom. The lowest BCUT2D eigenvalue weighted by Crippen LogP contribution is -2.36. The summed E-state index contributed by atoms with van der Waals surface area (Å²) in [6.07, 6.45) is 2.73. The van der Waals surface area contributed by atoms with Gasteiger partial charge in [-0.25, -0.2) is 4.39 Å². The number of hydrogen-bond acceptors (Lipinski definition) is 3. The van der Waals surface area contributed by atoms with Gasteiger partial charge in [0, 0.05) is 38.2 Å². The number of nitrogens with one attached hydrogen (secondary N) is 1. The summed E-state index contributed by atoms with van der Waals surface area (Å²) in [5.41, 5.74) is 0.518. The molecule has 1 aromatic rings. The molecule has 1 heterocycles. The van der Waals surface area contributed by atoms with Gasteiger partial charge in [-0.3, -0.25) is 9.69 Å². The van der Waals surface area contributed by atoms with E-state index in [1.165, 1.54) is 6.07 Å². The first kappa shape index (κ1) is 15.9. The maximum absolute atomic E-state index is 13.4. The summed E-state index contributed by atoms with van der Waals surface area (Å²) in [5.74, 6) is -0.321. The lowest BCUT2D eigenvalue weighted by molar-refractivity contribution is -0.121. The Bertz CT molecular complexity index is 467. The summed E-state index contributed by atoms with van der Waals surface area (Å²) in [7, 11) is 1.71. The topological polar surface area (TPSA) is 41.6 Å². The molecule has 1 aliphatic rings. The van der Waals surface area contributed by atoms with Gasteiger partial charge in [0.1, 0.15) is 5.82 Å². The molecule has 1 aliphatic heterocycles. The molecular weight excluding hydrogens is 271 g/mol. The number of ether oxygens (including phenoxy) is 1. The molecule has 0 unspecified atom stereocenters. The Kier molecular flexibility index (Phi) is 6.14. The summed E-state index contributed by atoms with van der Waals surface area (Å²) < 4.78 is 18.6. The fourth-order valence-electron chi connectivity index (χ4n) is 2.74. The van der Waals surface area contributed by atoms with Crippen molar-refractivity contribution in [3.05, 3.63) is 35.6 Å². The number of methoxy groups -OCH3 is 1. The van der Waals surface area contributed by atoms with Gasteiger partial charge in [-0.05, 0) is 25.5 Å². The summed E-state index contributed by atoms with van der Waals surface area (Å²) >= 11 is 0. The smallest absolute Gasteiger partial charge is 0.221 e. The van der Waals surface area contributed by atoms with Gasteiger partial charge in [-0.15, -0.1) is 0 Å². The Morgan fingerprint density at radius 3 is 3.05 bits per heavy atom. The van der Waals surface area contributed by atoms with E-state index in [2.05, 4.69) is 10.2 Å². The van der Waals surface area contributed by atoms with Gasteiger partial charge < -0.3 is 10.1 Å². The molecule has 1 saturated heterocycles. The van der Waals surface area contributed by atoms with Crippen molar-refractivity contribution in [3.8, 4) is 0 Å². The minimum absolute atomic E-state index is 0.0404. The molecule has 0 aliphatic carbocycles. The molecule has 1 aromatic carbocycles. The molecule has 1 atom stereocenters. The van der Waals surface area contributed by atoms with E-state index < -0.39 is 0 Å². The van der Waals surface area contributed by atoms with Gasteiger partial charge in [0.15, 0.2) is 0 Å². The van der Waals surface area contributed by atoms with Crippen LogP contribution in [0.3, 0.4) is 0 Å². The third kappa shape index (κ3) is 4.79. The summed E-state index contributed by atoms with van der Waals surface area (Å²) in [6, 6.07) is 6.93. The first-order valence-electron chi connectivity index (χ1n) is 7.44. The summed E-state index contributed by atoms with van der Waals surface area (Å²) in [6.45, 7) is 2.72. The molecule has 1 fully saturated rings. The molecule has 1 amide bonds. The lowest BCUT2D eigenvalue weighted by Gasteiger charge is -2.23. The molecule has 0 saturated carbocycles. The SMILES string of the molecule is COC[C@@H]1CCCN1CCC(=O)NCc1ccccc1F. The van der Waals surface area contributed by atoms with Gasteiger partial charge in [-0.2, -0.15) is 0 Å². The fourth-order valence-corrected chi connectivity index (χ4v) is 2.74. The second kappa shape index (κ2) is 8.10. The third-order valence-corrected chi connectivity index (χ3v) is 3.92. The van der Waals surface area contributed by atoms with Crippen LogP contribution in [-0.4, -0.2) is 43.7 Å². The van der Waals surface area contributed by atoms with Crippen molar-refractivity contribution in [2.75, 3.05) is 26.8 Å². The molecule has 0 radical (unpaired) electrons. The molecule has 5 heteroatoms. The van der Waals surface area contributed by atoms with Crippen LogP contribution in [0.2, 0.25) is 0 Å². The normalized spacial score (nSPS) is 18.9. The maximum atomic E-state index is 13.4. The highest BCUT2D eigenvalue weighted by Crippen LogP contribution is 2.17. The number of hydrogen-bond donors (Lipinski definition) is 1. The number of rotatable bonds is 7. The van der Waals surface area contributed by atoms with Crippen molar-refractivity contribution in [1.82, 2.24) is 10.2 Å². The molecule has 1 N–H and O–H groups in total. The highest BCUT2D eigenvalue weighted by molar-refractivity contribution is 5.76. The minimum Gasteiger partial charge on any atom is -0.383 e. The van der Waals surface area contributed by atoms with Gasteiger partial charge in [0.25, 0.3) is 0 Å². The zero-order chi connectivity index (χ0) is 15.1. The van der Waals surface area contributed by atoms with Gasteiger partial charge >= 0.3 is 0 Å². The standard InChI is InChI=1S/C16H23FN2O2/c1-21-12-14-6-4-9-19(14)10-8-16(20)18-11-13-5-2-3-7-15(13)17/h2-3,5,7,14H,4,6,8-12H2,1H3,(H,18,20)/t14-/m0/s1. The molecular formula is C16H23FN2O2. The first-order valence-corrected chi connectivity index (χ1v) is 7.44. The average molecular weight is 294 g/mol. The highest BCUT2D eigenvalue weighted by Gasteiger charge is 2.24. The summed E-state index contributed by atoms with van der Waals surface area (Å²) in [4.78, 5) is 14.2. The number of carbonyl (C=O) groups is 1. The quantitative estimate of drug-likeness (QED) is 0.835. The van der Waals surface area contributed by atoms with Crippen LogP contribution >= 0.6 is 0 Å². The zero-order valence-electron chi connectivity index (χ0n) is 12.5. The second-order valence-corrected chi connectivity index (χ2v) is 5.41. The zero-order valence-corrected chi connectivity index (χ0v) is 12.5. The van der Waals surface area contributed by atoms with E-state index in [4.69, 9.17) is 4.74 Å². The van der Waals surface area contributed by atoms with E-state index >= 15 is 0 Å². The largest absolute Gasteiger partial charge is 0.383 e.